The molecule has 0 unspecified atom stereocenters. The summed E-state index contributed by atoms with van der Waals surface area (Å²) in [7, 11) is 1.63. The summed E-state index contributed by atoms with van der Waals surface area (Å²) in [5, 5.41) is 6.08. The van der Waals surface area contributed by atoms with Gasteiger partial charge in [-0.1, -0.05) is 19.9 Å². The molecular formula is C18H23N3O2. The maximum atomic E-state index is 12.0. The second kappa shape index (κ2) is 8.17. The van der Waals surface area contributed by atoms with Gasteiger partial charge in [0.15, 0.2) is 0 Å². The number of ether oxygens (including phenoxy) is 1. The predicted octanol–water partition coefficient (Wildman–Crippen LogP) is 3.61. The van der Waals surface area contributed by atoms with Crippen LogP contribution in [0, 0.1) is 5.92 Å². The van der Waals surface area contributed by atoms with Crippen LogP contribution >= 0.6 is 0 Å². The van der Waals surface area contributed by atoms with Crippen LogP contribution in [0.4, 0.5) is 11.5 Å². The van der Waals surface area contributed by atoms with Crippen LogP contribution in [0.25, 0.3) is 0 Å². The van der Waals surface area contributed by atoms with Crippen LogP contribution in [0.1, 0.15) is 30.6 Å². The average Bonchev–Trinajstić information content (AvgIpc) is 2.55. The van der Waals surface area contributed by atoms with Crippen molar-refractivity contribution in [1.29, 1.82) is 0 Å². The molecule has 0 bridgehead atoms. The minimum absolute atomic E-state index is 0.0916. The number of benzene rings is 1. The molecule has 0 saturated carbocycles. The van der Waals surface area contributed by atoms with E-state index in [1.54, 1.807) is 25.4 Å². The number of nitrogens with one attached hydrogen (secondary N) is 2. The van der Waals surface area contributed by atoms with Gasteiger partial charge in [0.2, 0.25) is 0 Å². The summed E-state index contributed by atoms with van der Waals surface area (Å²) in [5.74, 6) is 1.93. The maximum absolute atomic E-state index is 12.0. The molecule has 2 N–H and O–H groups in total. The Kier molecular flexibility index (Phi) is 5.97. The number of anilines is 2. The van der Waals surface area contributed by atoms with Gasteiger partial charge in [0.1, 0.15) is 11.6 Å². The van der Waals surface area contributed by atoms with Crippen LogP contribution in [-0.2, 0) is 0 Å². The van der Waals surface area contributed by atoms with E-state index in [1.807, 2.05) is 24.3 Å². The van der Waals surface area contributed by atoms with Crippen molar-refractivity contribution in [3.63, 3.8) is 0 Å². The summed E-state index contributed by atoms with van der Waals surface area (Å²) in [6.45, 7) is 4.94. The summed E-state index contributed by atoms with van der Waals surface area (Å²) in [6.07, 6.45) is 2.54. The monoisotopic (exact) mass is 313 g/mol. The second-order valence-electron chi connectivity index (χ2n) is 5.73. The lowest BCUT2D eigenvalue weighted by Crippen LogP contribution is -2.25. The molecule has 0 aliphatic heterocycles. The highest BCUT2D eigenvalue weighted by atomic mass is 16.5. The van der Waals surface area contributed by atoms with E-state index >= 15 is 0 Å². The van der Waals surface area contributed by atoms with Crippen molar-refractivity contribution in [1.82, 2.24) is 10.3 Å². The highest BCUT2D eigenvalue weighted by Crippen LogP contribution is 2.20. The van der Waals surface area contributed by atoms with Gasteiger partial charge in [-0.25, -0.2) is 4.98 Å². The smallest absolute Gasteiger partial charge is 0.252 e. The summed E-state index contributed by atoms with van der Waals surface area (Å²) in [4.78, 5) is 16.3. The van der Waals surface area contributed by atoms with Crippen molar-refractivity contribution in [3.05, 3.63) is 48.2 Å². The van der Waals surface area contributed by atoms with Gasteiger partial charge in [0.05, 0.1) is 12.7 Å². The van der Waals surface area contributed by atoms with Crippen LogP contribution in [0.2, 0.25) is 0 Å². The number of methoxy groups -OCH3 is 1. The molecule has 5 nitrogen and oxygen atoms in total. The highest BCUT2D eigenvalue weighted by molar-refractivity contribution is 5.94. The number of rotatable bonds is 7. The molecule has 1 heterocycles. The molecule has 0 spiro atoms. The molecule has 23 heavy (non-hydrogen) atoms. The van der Waals surface area contributed by atoms with Gasteiger partial charge in [0, 0.05) is 24.5 Å². The van der Waals surface area contributed by atoms with Crippen molar-refractivity contribution in [2.24, 2.45) is 5.92 Å². The molecule has 0 radical (unpaired) electrons. The molecule has 0 aliphatic carbocycles. The van der Waals surface area contributed by atoms with Crippen LogP contribution in [0.15, 0.2) is 42.6 Å². The van der Waals surface area contributed by atoms with Crippen LogP contribution in [-0.4, -0.2) is 24.5 Å². The molecule has 0 aliphatic rings. The van der Waals surface area contributed by atoms with E-state index in [2.05, 4.69) is 29.5 Å². The zero-order valence-electron chi connectivity index (χ0n) is 13.8. The van der Waals surface area contributed by atoms with Crippen LogP contribution in [0.3, 0.4) is 0 Å². The van der Waals surface area contributed by atoms with Crippen molar-refractivity contribution in [3.8, 4) is 5.75 Å². The van der Waals surface area contributed by atoms with Gasteiger partial charge in [-0.3, -0.25) is 4.79 Å². The van der Waals surface area contributed by atoms with Crippen molar-refractivity contribution in [2.45, 2.75) is 20.3 Å². The van der Waals surface area contributed by atoms with Crippen molar-refractivity contribution in [2.75, 3.05) is 19.0 Å². The molecule has 0 fully saturated rings. The lowest BCUT2D eigenvalue weighted by molar-refractivity contribution is 0.0951. The van der Waals surface area contributed by atoms with Crippen molar-refractivity contribution < 1.29 is 9.53 Å². The maximum Gasteiger partial charge on any atom is 0.252 e. The second-order valence-corrected chi connectivity index (χ2v) is 5.73. The predicted molar refractivity (Wildman–Crippen MR) is 92.3 cm³/mol. The molecule has 2 rings (SSSR count). The lowest BCUT2D eigenvalue weighted by Gasteiger charge is -2.09. The Labute approximate surface area is 137 Å². The molecule has 5 heteroatoms. The van der Waals surface area contributed by atoms with E-state index in [9.17, 15) is 4.79 Å². The molecule has 2 aromatic rings. The first-order chi connectivity index (χ1) is 11.1. The van der Waals surface area contributed by atoms with Gasteiger partial charge in [0.25, 0.3) is 5.91 Å². The minimum atomic E-state index is -0.0916. The van der Waals surface area contributed by atoms with Gasteiger partial charge < -0.3 is 15.4 Å². The Morgan fingerprint density at radius 1 is 1.26 bits per heavy atom. The van der Waals surface area contributed by atoms with E-state index in [-0.39, 0.29) is 5.91 Å². The van der Waals surface area contributed by atoms with E-state index in [0.29, 0.717) is 23.8 Å². The number of hydrogen-bond donors (Lipinski definition) is 2. The fourth-order valence-corrected chi connectivity index (χ4v) is 2.03. The molecule has 1 aromatic heterocycles. The first-order valence-electron chi connectivity index (χ1n) is 7.74. The lowest BCUT2D eigenvalue weighted by atomic mass is 10.1. The number of carbonyl (C=O) groups is 1. The molecule has 0 atom stereocenters. The van der Waals surface area contributed by atoms with Crippen LogP contribution < -0.4 is 15.4 Å². The zero-order chi connectivity index (χ0) is 16.7. The minimum Gasteiger partial charge on any atom is -0.497 e. The molecular weight excluding hydrogens is 290 g/mol. The number of carbonyl (C=O) groups excluding carboxylic acids is 1. The normalized spacial score (nSPS) is 10.4. The third-order valence-corrected chi connectivity index (χ3v) is 3.38. The Morgan fingerprint density at radius 2 is 2.09 bits per heavy atom. The Bertz CT molecular complexity index is 639. The first-order valence-corrected chi connectivity index (χ1v) is 7.74. The zero-order valence-corrected chi connectivity index (χ0v) is 13.8. The summed E-state index contributed by atoms with van der Waals surface area (Å²) in [5.41, 5.74) is 1.44. The molecule has 0 saturated heterocycles. The number of hydrogen-bond acceptors (Lipinski definition) is 4. The van der Waals surface area contributed by atoms with E-state index < -0.39 is 0 Å². The van der Waals surface area contributed by atoms with Crippen LogP contribution in [0.5, 0.6) is 5.75 Å². The number of amides is 1. The average molecular weight is 313 g/mol. The van der Waals surface area contributed by atoms with Gasteiger partial charge in [-0.15, -0.1) is 0 Å². The Balaban J connectivity index is 1.94. The summed E-state index contributed by atoms with van der Waals surface area (Å²) in [6, 6.07) is 11.1. The molecule has 1 aromatic carbocycles. The summed E-state index contributed by atoms with van der Waals surface area (Å²) >= 11 is 0. The summed E-state index contributed by atoms with van der Waals surface area (Å²) < 4.78 is 5.18. The highest BCUT2D eigenvalue weighted by Gasteiger charge is 2.06. The number of pyridine rings is 1. The van der Waals surface area contributed by atoms with Gasteiger partial charge in [-0.05, 0) is 36.6 Å². The molecule has 1 amide bonds. The Morgan fingerprint density at radius 3 is 2.74 bits per heavy atom. The van der Waals surface area contributed by atoms with E-state index in [0.717, 1.165) is 17.9 Å². The standard InChI is InChI=1S/C18H23N3O2/c1-13(2)9-10-19-18(22)14-7-8-17(20-12-14)21-15-5-4-6-16(11-15)23-3/h4-8,11-13H,9-10H2,1-3H3,(H,19,22)(H,20,21). The van der Waals surface area contributed by atoms with Crippen molar-refractivity contribution >= 4 is 17.4 Å². The number of aromatic nitrogens is 1. The SMILES string of the molecule is COc1cccc(Nc2ccc(C(=O)NCCC(C)C)cn2)c1. The third kappa shape index (κ3) is 5.29. The topological polar surface area (TPSA) is 63.2 Å². The quantitative estimate of drug-likeness (QED) is 0.819. The Hall–Kier alpha value is -2.56. The largest absolute Gasteiger partial charge is 0.497 e. The van der Waals surface area contributed by atoms with E-state index in [4.69, 9.17) is 4.74 Å². The number of nitrogens with zero attached hydrogens (tertiary/aromatic N) is 1. The van der Waals surface area contributed by atoms with Gasteiger partial charge in [-0.2, -0.15) is 0 Å². The first kappa shape index (κ1) is 16.8. The van der Waals surface area contributed by atoms with Gasteiger partial charge >= 0.3 is 0 Å². The third-order valence-electron chi connectivity index (χ3n) is 3.38. The fourth-order valence-electron chi connectivity index (χ4n) is 2.03. The fraction of sp³-hybridized carbons (Fsp3) is 0.333. The van der Waals surface area contributed by atoms with E-state index in [1.165, 1.54) is 0 Å². The molecule has 122 valence electrons.